The molecule has 4 heavy (non-hydrogen) atoms. The quantitative estimate of drug-likeness (QED) is 0.344. The Morgan fingerprint density at radius 1 is 1.75 bits per heavy atom. The van der Waals surface area contributed by atoms with Crippen LogP contribution in [-0.2, 0) is 0 Å². The topological polar surface area (TPSA) is 0 Å². The van der Waals surface area contributed by atoms with E-state index in [-0.39, 0.29) is 0 Å². The number of hydrogen-bond acceptors (Lipinski definition) is 0. The molecule has 22 valence electrons. The van der Waals surface area contributed by atoms with Crippen molar-refractivity contribution in [2.75, 3.05) is 0 Å². The SMILES string of the molecule is [B]PPI. The number of halogens is 1. The van der Waals surface area contributed by atoms with E-state index in [9.17, 15) is 0 Å². The average Bonchev–Trinajstić information content (AvgIpc) is 1.37. The molecule has 0 aromatic carbocycles. The van der Waals surface area contributed by atoms with Crippen molar-refractivity contribution in [3.05, 3.63) is 0 Å². The molecule has 0 nitrogen and oxygen atoms in total. The van der Waals surface area contributed by atoms with E-state index in [1.165, 1.54) is 0 Å². The van der Waals surface area contributed by atoms with Gasteiger partial charge >= 0.3 is 0 Å². The van der Waals surface area contributed by atoms with E-state index < -0.39 is 0 Å². The summed E-state index contributed by atoms with van der Waals surface area (Å²) in [5.74, 6) is 0.916. The first-order chi connectivity index (χ1) is 1.91. The summed E-state index contributed by atoms with van der Waals surface area (Å²) in [7, 11) is 5.72. The molecule has 0 aliphatic carbocycles. The molecule has 0 spiro atoms. The van der Waals surface area contributed by atoms with Gasteiger partial charge in [-0.2, -0.15) is 0 Å². The first kappa shape index (κ1) is 5.65. The molecule has 0 rings (SSSR count). The molecule has 0 fully saturated rings. The maximum atomic E-state index is 5.06. The molecule has 0 N–H and O–H groups in total. The van der Waals surface area contributed by atoms with Crippen molar-refractivity contribution in [1.82, 2.24) is 0 Å². The van der Waals surface area contributed by atoms with E-state index in [0.29, 0.717) is 8.15 Å². The van der Waals surface area contributed by atoms with Crippen molar-refractivity contribution in [3.8, 4) is 0 Å². The van der Waals surface area contributed by atoms with Crippen LogP contribution in [0, 0.1) is 0 Å². The fourth-order valence-corrected chi connectivity index (χ4v) is 0. The van der Waals surface area contributed by atoms with E-state index >= 15 is 0 Å². The molecule has 0 aliphatic heterocycles. The van der Waals surface area contributed by atoms with Gasteiger partial charge in [-0.1, -0.05) is 22.0 Å². The highest BCUT2D eigenvalue weighted by Gasteiger charge is 1.56. The minimum Gasteiger partial charge on any atom is -0.139 e. The Morgan fingerprint density at radius 2 is 2.00 bits per heavy atom. The molecule has 0 saturated carbocycles. The van der Waals surface area contributed by atoms with Crippen LogP contribution in [-0.4, -0.2) is 7.57 Å². The van der Waals surface area contributed by atoms with Gasteiger partial charge in [-0.05, 0) is 5.91 Å². The Labute approximate surface area is 43.8 Å². The van der Waals surface area contributed by atoms with Crippen LogP contribution in [0.5, 0.6) is 0 Å². The molecular weight excluding hydrogens is 200 g/mol. The monoisotopic (exact) mass is 202 g/mol. The van der Waals surface area contributed by atoms with Crippen LogP contribution in [0.2, 0.25) is 0 Å². The first-order valence-corrected chi connectivity index (χ1v) is 6.92. The van der Waals surface area contributed by atoms with Crippen LogP contribution >= 0.6 is 36.1 Å². The van der Waals surface area contributed by atoms with Gasteiger partial charge < -0.3 is 0 Å². The largest absolute Gasteiger partial charge is 0.139 e. The summed E-state index contributed by atoms with van der Waals surface area (Å²) >= 11 is 2.27. The van der Waals surface area contributed by atoms with Crippen molar-refractivity contribution in [3.63, 3.8) is 0 Å². The van der Waals surface area contributed by atoms with Gasteiger partial charge in [0.1, 0.15) is 7.57 Å². The molecule has 4 heteroatoms. The zero-order chi connectivity index (χ0) is 3.41. The van der Waals surface area contributed by atoms with Gasteiger partial charge in [0.25, 0.3) is 0 Å². The van der Waals surface area contributed by atoms with Crippen molar-refractivity contribution >= 4 is 43.7 Å². The third kappa shape index (κ3) is 3.65. The normalized spacial score (nSPS) is 13.2. The Morgan fingerprint density at radius 3 is 2.00 bits per heavy atom. The van der Waals surface area contributed by atoms with E-state index in [4.69, 9.17) is 7.57 Å². The maximum absolute atomic E-state index is 5.06. The molecule has 0 heterocycles. The second-order valence-electron chi connectivity index (χ2n) is 0.239. The first-order valence-electron chi connectivity index (χ1n) is 0.728. The van der Waals surface area contributed by atoms with E-state index in [1.54, 1.807) is 0 Å². The van der Waals surface area contributed by atoms with E-state index in [2.05, 4.69) is 22.0 Å². The summed E-state index contributed by atoms with van der Waals surface area (Å²) < 4.78 is 0. The van der Waals surface area contributed by atoms with Gasteiger partial charge in [-0.25, -0.2) is 0 Å². The Bertz CT molecular complexity index is 8.00. The van der Waals surface area contributed by atoms with Crippen LogP contribution in [0.4, 0.5) is 0 Å². The third-order valence-corrected chi connectivity index (χ3v) is 3.29. The summed E-state index contributed by atoms with van der Waals surface area (Å²) in [6.45, 7) is 0. The molecule has 0 aromatic heterocycles. The maximum Gasteiger partial charge on any atom is 0.111 e. The zero-order valence-electron chi connectivity index (χ0n) is 1.96. The predicted molar refractivity (Wildman–Crippen MR) is 36.4 cm³/mol. The Hall–Kier alpha value is 1.65. The summed E-state index contributed by atoms with van der Waals surface area (Å²) in [6.07, 6.45) is 0. The highest BCUT2D eigenvalue weighted by molar-refractivity contribution is 14.2. The fraction of sp³-hybridized carbons (Fsp3) is 0. The standard InChI is InChI=1S/BH2IP2/c1-3-4-2/h3-4H. The Kier molecular flexibility index (Phi) is 6.58. The van der Waals surface area contributed by atoms with Crippen molar-refractivity contribution in [1.29, 1.82) is 0 Å². The minimum absolute atomic E-state index is 0.655. The van der Waals surface area contributed by atoms with Gasteiger partial charge in [0, 0.05) is 0 Å². The summed E-state index contributed by atoms with van der Waals surface area (Å²) in [5.41, 5.74) is 0. The van der Waals surface area contributed by atoms with Crippen molar-refractivity contribution < 1.29 is 0 Å². The van der Waals surface area contributed by atoms with Gasteiger partial charge in [0.05, 0.1) is 0 Å². The molecule has 0 saturated heterocycles. The highest BCUT2D eigenvalue weighted by Crippen LogP contribution is 2.39. The van der Waals surface area contributed by atoms with Gasteiger partial charge in [0.15, 0.2) is 0 Å². The summed E-state index contributed by atoms with van der Waals surface area (Å²) in [6, 6.07) is 0. The third-order valence-electron chi connectivity index (χ3n) is 0.0546. The molecule has 2 unspecified atom stereocenters. The number of hydrogen-bond donors (Lipinski definition) is 0. The molecular formula is H2BIP2. The second-order valence-corrected chi connectivity index (χ2v) is 7.00. The zero-order valence-corrected chi connectivity index (χ0v) is 6.11. The smallest absolute Gasteiger partial charge is 0.111 e. The minimum atomic E-state index is 0.655. The lowest BCUT2D eigenvalue weighted by atomic mass is 10.8. The summed E-state index contributed by atoms with van der Waals surface area (Å²) in [5, 5.41) is 0. The van der Waals surface area contributed by atoms with Crippen molar-refractivity contribution in [2.45, 2.75) is 0 Å². The lowest BCUT2D eigenvalue weighted by Gasteiger charge is -1.68. The lowest BCUT2D eigenvalue weighted by molar-refractivity contribution is 5.01. The highest BCUT2D eigenvalue weighted by atomic mass is 127. The van der Waals surface area contributed by atoms with E-state index in [0.717, 1.165) is 5.91 Å². The molecule has 0 amide bonds. The molecule has 2 atom stereocenters. The van der Waals surface area contributed by atoms with Gasteiger partial charge in [-0.3, -0.25) is 0 Å². The fourth-order valence-electron chi connectivity index (χ4n) is 0. The molecule has 2 radical (unpaired) electrons. The van der Waals surface area contributed by atoms with Crippen molar-refractivity contribution in [2.24, 2.45) is 0 Å². The summed E-state index contributed by atoms with van der Waals surface area (Å²) in [4.78, 5) is 0. The van der Waals surface area contributed by atoms with Crippen LogP contribution in [0.3, 0.4) is 0 Å². The van der Waals surface area contributed by atoms with Gasteiger partial charge in [-0.15, -0.1) is 8.15 Å². The molecule has 0 bridgehead atoms. The van der Waals surface area contributed by atoms with Gasteiger partial charge in [0.2, 0.25) is 0 Å². The lowest BCUT2D eigenvalue weighted by Crippen LogP contribution is -1.13. The average molecular weight is 202 g/mol. The van der Waals surface area contributed by atoms with Crippen LogP contribution in [0.15, 0.2) is 0 Å². The predicted octanol–water partition coefficient (Wildman–Crippen LogP) is 1.69. The molecule has 0 aromatic rings. The van der Waals surface area contributed by atoms with Crippen LogP contribution < -0.4 is 0 Å². The van der Waals surface area contributed by atoms with Crippen LogP contribution in [0.25, 0.3) is 0 Å². The number of rotatable bonds is 1. The van der Waals surface area contributed by atoms with Crippen LogP contribution in [0.1, 0.15) is 0 Å². The van der Waals surface area contributed by atoms with E-state index in [1.807, 2.05) is 0 Å². The Balaban J connectivity index is 1.97. The second kappa shape index (κ2) is 4.65. The molecule has 0 aliphatic rings.